The van der Waals surface area contributed by atoms with Crippen molar-refractivity contribution in [1.82, 2.24) is 0 Å². The van der Waals surface area contributed by atoms with Crippen LogP contribution >= 0.6 is 0 Å². The number of carbonyl (C=O) groups excluding carboxylic acids is 3. The van der Waals surface area contributed by atoms with Crippen molar-refractivity contribution in [1.29, 1.82) is 0 Å². The molecule has 0 aromatic heterocycles. The Bertz CT molecular complexity index is 457. The fourth-order valence-electron chi connectivity index (χ4n) is 1.32. The second-order valence-corrected chi connectivity index (χ2v) is 4.97. The first kappa shape index (κ1) is 21.1. The van der Waals surface area contributed by atoms with Crippen molar-refractivity contribution in [2.45, 2.75) is 51.6 Å². The predicted molar refractivity (Wildman–Crippen MR) is 71.1 cm³/mol. The summed E-state index contributed by atoms with van der Waals surface area (Å²) in [6.45, 7) is 4.25. The van der Waals surface area contributed by atoms with Gasteiger partial charge in [0.1, 0.15) is 18.5 Å². The molecule has 0 saturated carbocycles. The number of Topliss-reactive ketones (excluding diaryl/α,β-unsaturated/α-hetero) is 1. The highest BCUT2D eigenvalue weighted by Gasteiger charge is 2.35. The first-order chi connectivity index (χ1) is 10.4. The summed E-state index contributed by atoms with van der Waals surface area (Å²) in [5, 5.41) is 0. The van der Waals surface area contributed by atoms with Gasteiger partial charge in [-0.2, -0.15) is 8.78 Å². The molecule has 0 saturated heterocycles. The Morgan fingerprint density at radius 1 is 1.22 bits per heavy atom. The van der Waals surface area contributed by atoms with E-state index in [2.05, 4.69) is 11.3 Å². The summed E-state index contributed by atoms with van der Waals surface area (Å²) in [4.78, 5) is 33.6. The van der Waals surface area contributed by atoms with Gasteiger partial charge >= 0.3 is 17.9 Å². The van der Waals surface area contributed by atoms with E-state index in [9.17, 15) is 31.9 Å². The van der Waals surface area contributed by atoms with E-state index >= 15 is 0 Å². The van der Waals surface area contributed by atoms with Crippen molar-refractivity contribution >= 4 is 17.7 Å². The number of rotatable bonds is 10. The molecule has 23 heavy (non-hydrogen) atoms. The number of ketones is 1. The van der Waals surface area contributed by atoms with Crippen LogP contribution in [0.3, 0.4) is 0 Å². The van der Waals surface area contributed by atoms with E-state index in [-0.39, 0.29) is 18.4 Å². The van der Waals surface area contributed by atoms with Crippen molar-refractivity contribution in [3.63, 3.8) is 0 Å². The Morgan fingerprint density at radius 2 is 1.78 bits per heavy atom. The van der Waals surface area contributed by atoms with Gasteiger partial charge < -0.3 is 9.47 Å². The molecule has 0 heterocycles. The molecule has 0 amide bonds. The molecule has 0 aromatic carbocycles. The van der Waals surface area contributed by atoms with E-state index in [1.807, 2.05) is 0 Å². The molecule has 0 spiro atoms. The van der Waals surface area contributed by atoms with Gasteiger partial charge in [0.25, 0.3) is 0 Å². The summed E-state index contributed by atoms with van der Waals surface area (Å²) in [5.74, 6) is -7.22. The van der Waals surface area contributed by atoms with Gasteiger partial charge in [-0.25, -0.2) is 18.4 Å². The minimum absolute atomic E-state index is 0.000977. The fourth-order valence-corrected chi connectivity index (χ4v) is 1.32. The maximum Gasteiger partial charge on any atom is 0.376 e. The molecule has 0 bridgehead atoms. The Labute approximate surface area is 130 Å². The van der Waals surface area contributed by atoms with Crippen molar-refractivity contribution in [3.05, 3.63) is 12.2 Å². The van der Waals surface area contributed by atoms with Gasteiger partial charge in [0.05, 0.1) is 6.42 Å². The van der Waals surface area contributed by atoms with Crippen LogP contribution in [0.1, 0.15) is 33.1 Å². The lowest BCUT2D eigenvalue weighted by atomic mass is 10.1. The lowest BCUT2D eigenvalue weighted by Crippen LogP contribution is -2.32. The van der Waals surface area contributed by atoms with Gasteiger partial charge in [0, 0.05) is 18.9 Å². The van der Waals surface area contributed by atoms with Crippen molar-refractivity contribution in [3.8, 4) is 0 Å². The van der Waals surface area contributed by atoms with Crippen LogP contribution < -0.4 is 0 Å². The minimum Gasteiger partial charge on any atom is -0.457 e. The summed E-state index contributed by atoms with van der Waals surface area (Å²) in [5.41, 5.74) is 0.000977. The van der Waals surface area contributed by atoms with Crippen LogP contribution in [0.2, 0.25) is 0 Å². The lowest BCUT2D eigenvalue weighted by Gasteiger charge is -2.19. The molecule has 0 aliphatic heterocycles. The third-order valence-electron chi connectivity index (χ3n) is 2.51. The zero-order valence-electron chi connectivity index (χ0n) is 12.7. The van der Waals surface area contributed by atoms with Crippen molar-refractivity contribution in [2.75, 3.05) is 6.61 Å². The standard InChI is InChI=1S/C14H18F4O5/c1-8(2)12(20)23-10(5-4-9(19)6-11(15)16)7-22-13(21)14(3,17)18/h10-11H,1,4-7H2,2-3H3. The lowest BCUT2D eigenvalue weighted by molar-refractivity contribution is -0.175. The van der Waals surface area contributed by atoms with Gasteiger partial charge in [0.15, 0.2) is 0 Å². The first-order valence-electron chi connectivity index (χ1n) is 6.64. The molecule has 9 heteroatoms. The Morgan fingerprint density at radius 3 is 2.22 bits per heavy atom. The Balaban J connectivity index is 4.63. The van der Waals surface area contributed by atoms with Gasteiger partial charge in [-0.15, -0.1) is 0 Å². The normalized spacial score (nSPS) is 12.7. The monoisotopic (exact) mass is 342 g/mol. The molecule has 0 aliphatic carbocycles. The average Bonchev–Trinajstić information content (AvgIpc) is 2.39. The van der Waals surface area contributed by atoms with Gasteiger partial charge in [-0.3, -0.25) is 4.79 Å². The number of halogens is 4. The van der Waals surface area contributed by atoms with Crippen molar-refractivity contribution in [2.24, 2.45) is 0 Å². The number of carbonyl (C=O) groups is 3. The third kappa shape index (κ3) is 9.64. The van der Waals surface area contributed by atoms with Crippen LogP contribution in [0.15, 0.2) is 12.2 Å². The summed E-state index contributed by atoms with van der Waals surface area (Å²) < 4.78 is 58.6. The SMILES string of the molecule is C=C(C)C(=O)OC(CCC(=O)CC(F)F)COC(=O)C(C)(F)F. The molecule has 132 valence electrons. The summed E-state index contributed by atoms with van der Waals surface area (Å²) in [6.07, 6.45) is -5.61. The van der Waals surface area contributed by atoms with Crippen LogP contribution in [-0.2, 0) is 23.9 Å². The van der Waals surface area contributed by atoms with Crippen LogP contribution in [0, 0.1) is 0 Å². The van der Waals surface area contributed by atoms with Crippen LogP contribution in [0.5, 0.6) is 0 Å². The maximum absolute atomic E-state index is 12.7. The van der Waals surface area contributed by atoms with E-state index in [4.69, 9.17) is 4.74 Å². The van der Waals surface area contributed by atoms with Crippen LogP contribution in [-0.4, -0.2) is 42.8 Å². The highest BCUT2D eigenvalue weighted by atomic mass is 19.3. The molecule has 0 aliphatic rings. The van der Waals surface area contributed by atoms with E-state index in [1.54, 1.807) is 0 Å². The Kier molecular flexibility index (Phi) is 8.49. The molecular formula is C14H18F4O5. The van der Waals surface area contributed by atoms with Crippen molar-refractivity contribution < 1.29 is 41.4 Å². The number of hydrogen-bond acceptors (Lipinski definition) is 5. The van der Waals surface area contributed by atoms with E-state index in [0.29, 0.717) is 6.92 Å². The average molecular weight is 342 g/mol. The number of alkyl halides is 4. The molecule has 1 atom stereocenters. The van der Waals surface area contributed by atoms with Crippen LogP contribution in [0.4, 0.5) is 17.6 Å². The molecular weight excluding hydrogens is 324 g/mol. The predicted octanol–water partition coefficient (Wildman–Crippen LogP) is 2.68. The molecule has 1 unspecified atom stereocenters. The first-order valence-corrected chi connectivity index (χ1v) is 6.64. The maximum atomic E-state index is 12.7. The number of ether oxygens (including phenoxy) is 2. The zero-order chi connectivity index (χ0) is 18.2. The molecule has 0 N–H and O–H groups in total. The molecule has 0 aromatic rings. The van der Waals surface area contributed by atoms with Crippen LogP contribution in [0.25, 0.3) is 0 Å². The fraction of sp³-hybridized carbons (Fsp3) is 0.643. The molecule has 0 fully saturated rings. The molecule has 5 nitrogen and oxygen atoms in total. The second kappa shape index (κ2) is 9.26. The Hall–Kier alpha value is -1.93. The number of hydrogen-bond donors (Lipinski definition) is 0. The summed E-state index contributed by atoms with van der Waals surface area (Å²) in [6, 6.07) is 0. The van der Waals surface area contributed by atoms with Gasteiger partial charge in [-0.05, 0) is 13.3 Å². The zero-order valence-corrected chi connectivity index (χ0v) is 12.7. The van der Waals surface area contributed by atoms with Gasteiger partial charge in [0.2, 0.25) is 6.43 Å². The molecule has 0 radical (unpaired) electrons. The quantitative estimate of drug-likeness (QED) is 0.347. The second-order valence-electron chi connectivity index (χ2n) is 4.97. The smallest absolute Gasteiger partial charge is 0.376 e. The highest BCUT2D eigenvalue weighted by Crippen LogP contribution is 2.16. The van der Waals surface area contributed by atoms with E-state index in [1.165, 1.54) is 6.92 Å². The van der Waals surface area contributed by atoms with E-state index < -0.39 is 49.2 Å². The minimum atomic E-state index is -3.73. The molecule has 0 rings (SSSR count). The largest absolute Gasteiger partial charge is 0.457 e. The summed E-state index contributed by atoms with van der Waals surface area (Å²) in [7, 11) is 0. The highest BCUT2D eigenvalue weighted by molar-refractivity contribution is 5.87. The topological polar surface area (TPSA) is 69.7 Å². The van der Waals surface area contributed by atoms with Gasteiger partial charge in [-0.1, -0.05) is 6.58 Å². The summed E-state index contributed by atoms with van der Waals surface area (Å²) >= 11 is 0. The number of esters is 2. The van der Waals surface area contributed by atoms with E-state index in [0.717, 1.165) is 0 Å². The third-order valence-corrected chi connectivity index (χ3v) is 2.51.